The Kier molecular flexibility index (Phi) is 8.63. The average molecular weight is 374 g/mol. The van der Waals surface area contributed by atoms with Crippen LogP contribution in [0.5, 0.6) is 5.75 Å². The zero-order chi connectivity index (χ0) is 15.9. The van der Waals surface area contributed by atoms with Crippen LogP contribution in [0.15, 0.2) is 24.3 Å². The summed E-state index contributed by atoms with van der Waals surface area (Å²) in [5.74, 6) is 1.80. The molecule has 0 saturated carbocycles. The third kappa shape index (κ3) is 6.41. The van der Waals surface area contributed by atoms with Crippen LogP contribution in [0.3, 0.4) is 0 Å². The van der Waals surface area contributed by atoms with Gasteiger partial charge in [0, 0.05) is 44.3 Å². The third-order valence-corrected chi connectivity index (χ3v) is 5.18. The lowest BCUT2D eigenvalue weighted by Crippen LogP contribution is -2.49. The van der Waals surface area contributed by atoms with Gasteiger partial charge in [-0.15, -0.1) is 12.4 Å². The first kappa shape index (κ1) is 19.8. The van der Waals surface area contributed by atoms with Gasteiger partial charge in [-0.25, -0.2) is 0 Å². The first-order valence-corrected chi connectivity index (χ1v) is 9.21. The third-order valence-electron chi connectivity index (χ3n) is 4.93. The summed E-state index contributed by atoms with van der Waals surface area (Å²) in [5.41, 5.74) is 0. The van der Waals surface area contributed by atoms with Gasteiger partial charge in [0.1, 0.15) is 12.4 Å². The number of nitrogens with one attached hydrogen (secondary N) is 1. The minimum absolute atomic E-state index is 0. The van der Waals surface area contributed by atoms with Crippen molar-refractivity contribution in [2.75, 3.05) is 59.0 Å². The second kappa shape index (κ2) is 10.5. The van der Waals surface area contributed by atoms with E-state index in [1.54, 1.807) is 0 Å². The highest BCUT2D eigenvalue weighted by Gasteiger charge is 2.21. The predicted octanol–water partition coefficient (Wildman–Crippen LogP) is 2.76. The number of nitrogens with zero attached hydrogens (tertiary/aromatic N) is 2. The molecule has 1 aromatic carbocycles. The number of hydrogen-bond donors (Lipinski definition) is 1. The molecule has 0 atom stereocenters. The second-order valence-corrected chi connectivity index (χ2v) is 7.07. The number of benzene rings is 1. The molecule has 4 nitrogen and oxygen atoms in total. The molecule has 0 unspecified atom stereocenters. The molecule has 1 aromatic rings. The fourth-order valence-corrected chi connectivity index (χ4v) is 3.57. The smallest absolute Gasteiger partial charge is 0.119 e. The van der Waals surface area contributed by atoms with Crippen molar-refractivity contribution in [3.8, 4) is 5.75 Å². The molecule has 2 saturated heterocycles. The van der Waals surface area contributed by atoms with Crippen LogP contribution in [-0.2, 0) is 0 Å². The first-order chi connectivity index (χ1) is 11.3. The van der Waals surface area contributed by atoms with Crippen molar-refractivity contribution >= 4 is 24.0 Å². The van der Waals surface area contributed by atoms with Gasteiger partial charge in [-0.2, -0.15) is 0 Å². The number of ether oxygens (including phenoxy) is 1. The maximum absolute atomic E-state index is 5.88. The summed E-state index contributed by atoms with van der Waals surface area (Å²) in [5, 5.41) is 4.20. The molecule has 0 bridgehead atoms. The van der Waals surface area contributed by atoms with Crippen molar-refractivity contribution in [1.82, 2.24) is 15.1 Å². The summed E-state index contributed by atoms with van der Waals surface area (Å²) in [4.78, 5) is 5.15. The number of halogens is 2. The number of hydrogen-bond acceptors (Lipinski definition) is 4. The molecule has 24 heavy (non-hydrogen) atoms. The highest BCUT2D eigenvalue weighted by atomic mass is 35.5. The predicted molar refractivity (Wildman–Crippen MR) is 103 cm³/mol. The highest BCUT2D eigenvalue weighted by Crippen LogP contribution is 2.16. The van der Waals surface area contributed by atoms with E-state index in [1.807, 2.05) is 24.3 Å². The van der Waals surface area contributed by atoms with E-state index in [2.05, 4.69) is 15.1 Å². The van der Waals surface area contributed by atoms with Crippen LogP contribution in [0.4, 0.5) is 0 Å². The Morgan fingerprint density at radius 2 is 1.62 bits per heavy atom. The van der Waals surface area contributed by atoms with Crippen molar-refractivity contribution < 1.29 is 4.74 Å². The molecule has 0 radical (unpaired) electrons. The van der Waals surface area contributed by atoms with Crippen LogP contribution in [0.25, 0.3) is 0 Å². The van der Waals surface area contributed by atoms with E-state index >= 15 is 0 Å². The van der Waals surface area contributed by atoms with Gasteiger partial charge in [0.25, 0.3) is 0 Å². The zero-order valence-electron chi connectivity index (χ0n) is 14.3. The summed E-state index contributed by atoms with van der Waals surface area (Å²) in [6.45, 7) is 10.2. The van der Waals surface area contributed by atoms with Gasteiger partial charge < -0.3 is 15.0 Å². The van der Waals surface area contributed by atoms with E-state index in [-0.39, 0.29) is 12.4 Å². The van der Waals surface area contributed by atoms with Gasteiger partial charge in [-0.1, -0.05) is 11.6 Å². The maximum atomic E-state index is 5.88. The molecule has 0 amide bonds. The minimum atomic E-state index is 0. The fourth-order valence-electron chi connectivity index (χ4n) is 3.45. The molecule has 2 aliphatic rings. The van der Waals surface area contributed by atoms with Crippen LogP contribution in [-0.4, -0.2) is 68.8 Å². The molecular weight excluding hydrogens is 345 g/mol. The summed E-state index contributed by atoms with van der Waals surface area (Å²) in [6, 6.07) is 7.60. The van der Waals surface area contributed by atoms with Crippen LogP contribution in [0, 0.1) is 5.92 Å². The average Bonchev–Trinajstić information content (AvgIpc) is 2.59. The Balaban J connectivity index is 0.00000208. The molecule has 0 aliphatic carbocycles. The minimum Gasteiger partial charge on any atom is -0.492 e. The lowest BCUT2D eigenvalue weighted by molar-refractivity contribution is 0.1000. The van der Waals surface area contributed by atoms with Crippen molar-refractivity contribution in [3.05, 3.63) is 29.3 Å². The molecule has 2 aliphatic heterocycles. The van der Waals surface area contributed by atoms with E-state index in [4.69, 9.17) is 16.3 Å². The largest absolute Gasteiger partial charge is 0.492 e. The second-order valence-electron chi connectivity index (χ2n) is 6.64. The molecule has 2 heterocycles. The normalized spacial score (nSPS) is 20.5. The maximum Gasteiger partial charge on any atom is 0.119 e. The van der Waals surface area contributed by atoms with Crippen LogP contribution >= 0.6 is 24.0 Å². The standard InChI is InChI=1S/C18H28ClN3O.ClH/c19-17-1-3-18(4-2-17)23-14-13-21-9-11-22(12-10-21)15-16-5-7-20-8-6-16;/h1-4,16,20H,5-15H2;1H. The topological polar surface area (TPSA) is 27.7 Å². The Morgan fingerprint density at radius 3 is 2.29 bits per heavy atom. The van der Waals surface area contributed by atoms with E-state index in [0.717, 1.165) is 42.9 Å². The van der Waals surface area contributed by atoms with Gasteiger partial charge in [0.15, 0.2) is 0 Å². The summed E-state index contributed by atoms with van der Waals surface area (Å²) in [6.07, 6.45) is 2.68. The first-order valence-electron chi connectivity index (χ1n) is 8.83. The lowest BCUT2D eigenvalue weighted by atomic mass is 9.97. The van der Waals surface area contributed by atoms with Crippen molar-refractivity contribution in [1.29, 1.82) is 0 Å². The van der Waals surface area contributed by atoms with Crippen LogP contribution in [0.1, 0.15) is 12.8 Å². The molecule has 2 fully saturated rings. The van der Waals surface area contributed by atoms with Crippen molar-refractivity contribution in [2.45, 2.75) is 12.8 Å². The van der Waals surface area contributed by atoms with E-state index < -0.39 is 0 Å². The van der Waals surface area contributed by atoms with E-state index in [1.165, 1.54) is 45.6 Å². The Bertz CT molecular complexity index is 458. The van der Waals surface area contributed by atoms with E-state index in [0.29, 0.717) is 0 Å². The SMILES string of the molecule is Cl.Clc1ccc(OCCN2CCN(CC3CCNCC3)CC2)cc1. The quantitative estimate of drug-likeness (QED) is 0.829. The fraction of sp³-hybridized carbons (Fsp3) is 0.667. The van der Waals surface area contributed by atoms with Gasteiger partial charge in [-0.05, 0) is 56.1 Å². The Hall–Kier alpha value is -0.520. The molecule has 0 spiro atoms. The molecule has 1 N–H and O–H groups in total. The lowest BCUT2D eigenvalue weighted by Gasteiger charge is -2.37. The number of rotatable bonds is 6. The number of piperidine rings is 1. The van der Waals surface area contributed by atoms with Gasteiger partial charge >= 0.3 is 0 Å². The molecule has 3 rings (SSSR count). The zero-order valence-corrected chi connectivity index (χ0v) is 15.8. The molecular formula is C18H29Cl2N3O. The monoisotopic (exact) mass is 373 g/mol. The van der Waals surface area contributed by atoms with Crippen molar-refractivity contribution in [2.24, 2.45) is 5.92 Å². The molecule has 136 valence electrons. The van der Waals surface area contributed by atoms with E-state index in [9.17, 15) is 0 Å². The van der Waals surface area contributed by atoms with Crippen LogP contribution < -0.4 is 10.1 Å². The summed E-state index contributed by atoms with van der Waals surface area (Å²) < 4.78 is 5.79. The molecule has 0 aromatic heterocycles. The van der Waals surface area contributed by atoms with Gasteiger partial charge in [-0.3, -0.25) is 4.90 Å². The summed E-state index contributed by atoms with van der Waals surface area (Å²) >= 11 is 5.88. The Labute approximate surface area is 156 Å². The molecule has 6 heteroatoms. The van der Waals surface area contributed by atoms with Crippen molar-refractivity contribution in [3.63, 3.8) is 0 Å². The summed E-state index contributed by atoms with van der Waals surface area (Å²) in [7, 11) is 0. The van der Waals surface area contributed by atoms with Crippen LogP contribution in [0.2, 0.25) is 5.02 Å². The number of piperazine rings is 1. The van der Waals surface area contributed by atoms with Gasteiger partial charge in [0.2, 0.25) is 0 Å². The Morgan fingerprint density at radius 1 is 1.00 bits per heavy atom. The highest BCUT2D eigenvalue weighted by molar-refractivity contribution is 6.30. The van der Waals surface area contributed by atoms with Gasteiger partial charge in [0.05, 0.1) is 0 Å².